The Morgan fingerprint density at radius 2 is 2.05 bits per heavy atom. The SMILES string of the molecule is Cc1cc(OC(C)C(=O)N2C[C@H]3CNC[C@H]3C2)ccc1Cl. The highest BCUT2D eigenvalue weighted by Crippen LogP contribution is 2.27. The number of carbonyl (C=O) groups excluding carboxylic acids is 1. The van der Waals surface area contributed by atoms with E-state index >= 15 is 0 Å². The maximum Gasteiger partial charge on any atom is 0.263 e. The van der Waals surface area contributed by atoms with Gasteiger partial charge in [0, 0.05) is 31.2 Å². The van der Waals surface area contributed by atoms with Crippen LogP contribution in [0.4, 0.5) is 0 Å². The average molecular weight is 309 g/mol. The molecule has 114 valence electrons. The van der Waals surface area contributed by atoms with Crippen molar-refractivity contribution in [2.75, 3.05) is 26.2 Å². The number of aryl methyl sites for hydroxylation is 1. The van der Waals surface area contributed by atoms with Gasteiger partial charge in [-0.05, 0) is 49.4 Å². The topological polar surface area (TPSA) is 41.6 Å². The van der Waals surface area contributed by atoms with Crippen LogP contribution in [-0.2, 0) is 4.79 Å². The minimum atomic E-state index is -0.461. The predicted octanol–water partition coefficient (Wildman–Crippen LogP) is 2.09. The van der Waals surface area contributed by atoms with Crippen LogP contribution in [0.15, 0.2) is 18.2 Å². The Labute approximate surface area is 130 Å². The van der Waals surface area contributed by atoms with Crippen molar-refractivity contribution in [3.8, 4) is 5.75 Å². The number of fused-ring (bicyclic) bond motifs is 1. The molecule has 3 atom stereocenters. The van der Waals surface area contributed by atoms with Gasteiger partial charge in [-0.2, -0.15) is 0 Å². The Hall–Kier alpha value is -1.26. The van der Waals surface area contributed by atoms with Gasteiger partial charge in [0.1, 0.15) is 5.75 Å². The largest absolute Gasteiger partial charge is 0.481 e. The van der Waals surface area contributed by atoms with Crippen molar-refractivity contribution < 1.29 is 9.53 Å². The average Bonchev–Trinajstić information content (AvgIpc) is 3.03. The van der Waals surface area contributed by atoms with Crippen molar-refractivity contribution in [2.45, 2.75) is 20.0 Å². The number of hydrogen-bond acceptors (Lipinski definition) is 3. The van der Waals surface area contributed by atoms with E-state index in [9.17, 15) is 4.79 Å². The molecule has 0 spiro atoms. The molecule has 0 saturated carbocycles. The first-order valence-corrected chi connectivity index (χ1v) is 7.84. The van der Waals surface area contributed by atoms with E-state index in [0.29, 0.717) is 22.6 Å². The molecule has 21 heavy (non-hydrogen) atoms. The third-order valence-electron chi connectivity index (χ3n) is 4.49. The Morgan fingerprint density at radius 3 is 2.67 bits per heavy atom. The molecular weight excluding hydrogens is 288 g/mol. The van der Waals surface area contributed by atoms with Gasteiger partial charge in [-0.15, -0.1) is 0 Å². The van der Waals surface area contributed by atoms with Gasteiger partial charge in [0.15, 0.2) is 6.10 Å². The number of benzene rings is 1. The number of halogens is 1. The summed E-state index contributed by atoms with van der Waals surface area (Å²) in [6.45, 7) is 7.50. The highest BCUT2D eigenvalue weighted by molar-refractivity contribution is 6.31. The normalized spacial score (nSPS) is 25.8. The van der Waals surface area contributed by atoms with E-state index in [2.05, 4.69) is 5.32 Å². The van der Waals surface area contributed by atoms with Gasteiger partial charge >= 0.3 is 0 Å². The highest BCUT2D eigenvalue weighted by atomic mass is 35.5. The van der Waals surface area contributed by atoms with Crippen LogP contribution in [0.5, 0.6) is 5.75 Å². The smallest absolute Gasteiger partial charge is 0.263 e. The van der Waals surface area contributed by atoms with E-state index < -0.39 is 6.10 Å². The number of carbonyl (C=O) groups is 1. The molecule has 0 bridgehead atoms. The zero-order valence-corrected chi connectivity index (χ0v) is 13.2. The molecule has 2 aliphatic rings. The predicted molar refractivity (Wildman–Crippen MR) is 82.7 cm³/mol. The zero-order valence-electron chi connectivity index (χ0n) is 12.4. The molecule has 1 aromatic rings. The van der Waals surface area contributed by atoms with E-state index in [1.807, 2.05) is 30.9 Å². The molecule has 0 radical (unpaired) electrons. The molecule has 2 heterocycles. The third kappa shape index (κ3) is 3.01. The summed E-state index contributed by atoms with van der Waals surface area (Å²) in [4.78, 5) is 14.4. The first kappa shape index (κ1) is 14.7. The van der Waals surface area contributed by atoms with E-state index in [0.717, 1.165) is 31.7 Å². The van der Waals surface area contributed by atoms with Crippen molar-refractivity contribution >= 4 is 17.5 Å². The molecule has 4 nitrogen and oxygen atoms in total. The lowest BCUT2D eigenvalue weighted by Gasteiger charge is -2.22. The van der Waals surface area contributed by atoms with Gasteiger partial charge in [-0.25, -0.2) is 0 Å². The summed E-state index contributed by atoms with van der Waals surface area (Å²) in [5, 5.41) is 4.09. The lowest BCUT2D eigenvalue weighted by molar-refractivity contribution is -0.137. The van der Waals surface area contributed by atoms with Gasteiger partial charge in [0.25, 0.3) is 5.91 Å². The first-order valence-electron chi connectivity index (χ1n) is 7.47. The summed E-state index contributed by atoms with van der Waals surface area (Å²) >= 11 is 6.00. The summed E-state index contributed by atoms with van der Waals surface area (Å²) in [6, 6.07) is 5.48. The van der Waals surface area contributed by atoms with E-state index in [1.54, 1.807) is 6.07 Å². The maximum atomic E-state index is 12.5. The highest BCUT2D eigenvalue weighted by Gasteiger charge is 2.39. The van der Waals surface area contributed by atoms with Crippen molar-refractivity contribution in [1.29, 1.82) is 0 Å². The van der Waals surface area contributed by atoms with Crippen LogP contribution >= 0.6 is 11.6 Å². The van der Waals surface area contributed by atoms with Gasteiger partial charge in [-0.1, -0.05) is 11.6 Å². The van der Waals surface area contributed by atoms with E-state index in [-0.39, 0.29) is 5.91 Å². The molecule has 1 N–H and O–H groups in total. The Bertz CT molecular complexity index is 537. The number of ether oxygens (including phenoxy) is 1. The Morgan fingerprint density at radius 1 is 1.38 bits per heavy atom. The van der Waals surface area contributed by atoms with Crippen LogP contribution in [0.3, 0.4) is 0 Å². The number of rotatable bonds is 3. The minimum Gasteiger partial charge on any atom is -0.481 e. The molecule has 2 saturated heterocycles. The molecule has 2 aliphatic heterocycles. The standard InChI is InChI=1S/C16H21ClN2O2/c1-10-5-14(3-4-15(10)17)21-11(2)16(20)19-8-12-6-18-7-13(12)9-19/h3-5,11-13,18H,6-9H2,1-2H3/t11?,12-,13+. The number of likely N-dealkylation sites (tertiary alicyclic amines) is 1. The van der Waals surface area contributed by atoms with Crippen LogP contribution in [0.2, 0.25) is 5.02 Å². The summed E-state index contributed by atoms with van der Waals surface area (Å²) in [6.07, 6.45) is -0.461. The molecule has 0 aromatic heterocycles. The molecule has 1 unspecified atom stereocenters. The number of nitrogens with zero attached hydrogens (tertiary/aromatic N) is 1. The molecule has 0 aliphatic carbocycles. The number of amides is 1. The van der Waals surface area contributed by atoms with Crippen LogP contribution in [-0.4, -0.2) is 43.1 Å². The van der Waals surface area contributed by atoms with Crippen molar-refractivity contribution in [2.24, 2.45) is 11.8 Å². The monoisotopic (exact) mass is 308 g/mol. The molecule has 3 rings (SSSR count). The van der Waals surface area contributed by atoms with Crippen LogP contribution in [0.1, 0.15) is 12.5 Å². The zero-order chi connectivity index (χ0) is 15.0. The first-order chi connectivity index (χ1) is 10.0. The Balaban J connectivity index is 1.61. The molecular formula is C16H21ClN2O2. The minimum absolute atomic E-state index is 0.0806. The molecule has 1 aromatic carbocycles. The van der Waals surface area contributed by atoms with Crippen LogP contribution in [0.25, 0.3) is 0 Å². The lowest BCUT2D eigenvalue weighted by atomic mass is 10.0. The Kier molecular flexibility index (Phi) is 4.09. The van der Waals surface area contributed by atoms with Crippen molar-refractivity contribution in [1.82, 2.24) is 10.2 Å². The van der Waals surface area contributed by atoms with Gasteiger partial charge in [0.2, 0.25) is 0 Å². The van der Waals surface area contributed by atoms with Gasteiger partial charge in [0.05, 0.1) is 0 Å². The lowest BCUT2D eigenvalue weighted by Crippen LogP contribution is -2.40. The maximum absolute atomic E-state index is 12.5. The van der Waals surface area contributed by atoms with Gasteiger partial charge in [-0.3, -0.25) is 4.79 Å². The fraction of sp³-hybridized carbons (Fsp3) is 0.562. The van der Waals surface area contributed by atoms with Crippen molar-refractivity contribution in [3.05, 3.63) is 28.8 Å². The van der Waals surface area contributed by atoms with E-state index in [4.69, 9.17) is 16.3 Å². The number of hydrogen-bond donors (Lipinski definition) is 1. The molecule has 1 amide bonds. The second-order valence-corrected chi connectivity index (χ2v) is 6.50. The fourth-order valence-electron chi connectivity index (χ4n) is 3.24. The summed E-state index contributed by atoms with van der Waals surface area (Å²) in [5.74, 6) is 1.99. The fourth-order valence-corrected chi connectivity index (χ4v) is 3.36. The van der Waals surface area contributed by atoms with Crippen LogP contribution in [0, 0.1) is 18.8 Å². The molecule has 2 fully saturated rings. The third-order valence-corrected chi connectivity index (χ3v) is 4.92. The summed E-state index contributed by atoms with van der Waals surface area (Å²) in [5.41, 5.74) is 0.954. The molecule has 5 heteroatoms. The quantitative estimate of drug-likeness (QED) is 0.930. The second kappa shape index (κ2) is 5.85. The second-order valence-electron chi connectivity index (χ2n) is 6.09. The summed E-state index contributed by atoms with van der Waals surface area (Å²) < 4.78 is 5.78. The number of nitrogens with one attached hydrogen (secondary N) is 1. The van der Waals surface area contributed by atoms with Gasteiger partial charge < -0.3 is 15.0 Å². The van der Waals surface area contributed by atoms with E-state index in [1.165, 1.54) is 0 Å². The van der Waals surface area contributed by atoms with Crippen LogP contribution < -0.4 is 10.1 Å². The van der Waals surface area contributed by atoms with Crippen molar-refractivity contribution in [3.63, 3.8) is 0 Å². The summed E-state index contributed by atoms with van der Waals surface area (Å²) in [7, 11) is 0.